The second-order valence-corrected chi connectivity index (χ2v) is 12.6. The van der Waals surface area contributed by atoms with Gasteiger partial charge in [0.1, 0.15) is 4.21 Å². The maximum atomic E-state index is 13.0. The molecule has 7 nitrogen and oxygen atoms in total. The number of alkyl halides is 3. The van der Waals surface area contributed by atoms with Crippen molar-refractivity contribution in [1.82, 2.24) is 9.62 Å². The molecular weight excluding hydrogens is 553 g/mol. The van der Waals surface area contributed by atoms with Crippen molar-refractivity contribution in [3.8, 4) is 0 Å². The molecule has 0 saturated carbocycles. The monoisotopic (exact) mass is 590 g/mol. The zero-order valence-corrected chi connectivity index (χ0v) is 23.8. The van der Waals surface area contributed by atoms with Crippen LogP contribution in [0.15, 0.2) is 40.6 Å². The van der Waals surface area contributed by atoms with Crippen LogP contribution in [0.25, 0.3) is 0 Å². The Hall–Kier alpha value is -2.44. The van der Waals surface area contributed by atoms with Crippen LogP contribution in [0.4, 0.5) is 13.2 Å². The van der Waals surface area contributed by atoms with Crippen LogP contribution in [-0.4, -0.2) is 36.8 Å². The molecule has 0 atom stereocenters. The number of unbranched alkanes of at least 4 members (excludes halogenated alkanes) is 9. The molecule has 0 aliphatic heterocycles. The van der Waals surface area contributed by atoms with Crippen molar-refractivity contribution in [3.63, 3.8) is 0 Å². The third-order valence-electron chi connectivity index (χ3n) is 6.17. The zero-order chi connectivity index (χ0) is 28.9. The molecule has 0 aliphatic rings. The first-order valence-electron chi connectivity index (χ1n) is 13.2. The maximum absolute atomic E-state index is 13.0. The fourth-order valence-electron chi connectivity index (χ4n) is 4.07. The Morgan fingerprint density at radius 1 is 0.923 bits per heavy atom. The summed E-state index contributed by atoms with van der Waals surface area (Å²) in [6.45, 7) is 1.84. The summed E-state index contributed by atoms with van der Waals surface area (Å²) in [6, 6.07) is 7.11. The minimum atomic E-state index is -4.59. The van der Waals surface area contributed by atoms with Gasteiger partial charge >= 0.3 is 18.1 Å². The highest BCUT2D eigenvalue weighted by molar-refractivity contribution is 7.91. The summed E-state index contributed by atoms with van der Waals surface area (Å²) in [6.07, 6.45) is 6.74. The van der Waals surface area contributed by atoms with E-state index in [1.807, 2.05) is 0 Å². The van der Waals surface area contributed by atoms with Gasteiger partial charge in [0.15, 0.2) is 0 Å². The molecule has 1 heterocycles. The lowest BCUT2D eigenvalue weighted by Crippen LogP contribution is -2.35. The number of nitrogens with zero attached hydrogens (tertiary/aromatic N) is 1. The highest BCUT2D eigenvalue weighted by Gasteiger charge is 2.31. The number of rotatable bonds is 17. The van der Waals surface area contributed by atoms with Crippen LogP contribution in [0.1, 0.15) is 87.1 Å². The van der Waals surface area contributed by atoms with Crippen molar-refractivity contribution >= 4 is 33.2 Å². The lowest BCUT2D eigenvalue weighted by Gasteiger charge is -2.20. The number of aliphatic carboxylic acids is 1. The van der Waals surface area contributed by atoms with E-state index in [0.717, 1.165) is 47.6 Å². The van der Waals surface area contributed by atoms with E-state index >= 15 is 0 Å². The molecule has 0 spiro atoms. The summed E-state index contributed by atoms with van der Waals surface area (Å²) < 4.78 is 67.1. The van der Waals surface area contributed by atoms with Crippen LogP contribution < -0.4 is 4.72 Å². The number of carbonyl (C=O) groups excluding carboxylic acids is 1. The first-order chi connectivity index (χ1) is 18.4. The normalized spacial score (nSPS) is 12.0. The van der Waals surface area contributed by atoms with Gasteiger partial charge in [-0.3, -0.25) is 4.79 Å². The van der Waals surface area contributed by atoms with Crippen molar-refractivity contribution in [2.45, 2.75) is 94.6 Å². The smallest absolute Gasteiger partial charge is 0.416 e. The molecule has 12 heteroatoms. The number of hydrogen-bond donors (Lipinski definition) is 2. The summed E-state index contributed by atoms with van der Waals surface area (Å²) in [7, 11) is -3.78. The highest BCUT2D eigenvalue weighted by atomic mass is 32.2. The molecule has 39 heavy (non-hydrogen) atoms. The average Bonchev–Trinajstić information content (AvgIpc) is 3.36. The number of amides is 1. The molecule has 2 aromatic rings. The lowest BCUT2D eigenvalue weighted by molar-refractivity contribution is -0.156. The van der Waals surface area contributed by atoms with E-state index in [-0.39, 0.29) is 22.9 Å². The Bertz CT molecular complexity index is 1170. The zero-order valence-electron chi connectivity index (χ0n) is 22.1. The molecule has 2 rings (SSSR count). The number of carbonyl (C=O) groups is 2. The molecule has 0 aliphatic carbocycles. The molecule has 1 amide bonds. The summed E-state index contributed by atoms with van der Waals surface area (Å²) in [4.78, 5) is 24.8. The second kappa shape index (κ2) is 16.0. The Morgan fingerprint density at radius 3 is 2.13 bits per heavy atom. The molecule has 0 unspecified atom stereocenters. The van der Waals surface area contributed by atoms with Gasteiger partial charge in [-0.1, -0.05) is 76.8 Å². The average molecular weight is 591 g/mol. The third-order valence-corrected chi connectivity index (χ3v) is 9.19. The molecule has 0 saturated heterocycles. The van der Waals surface area contributed by atoms with Crippen molar-refractivity contribution in [2.75, 3.05) is 6.54 Å². The number of thiophene rings is 1. The van der Waals surface area contributed by atoms with Crippen LogP contribution in [0, 0.1) is 0 Å². The van der Waals surface area contributed by atoms with Crippen molar-refractivity contribution in [1.29, 1.82) is 0 Å². The Kier molecular flexibility index (Phi) is 13.4. The van der Waals surface area contributed by atoms with Gasteiger partial charge in [0.05, 0.1) is 12.1 Å². The van der Waals surface area contributed by atoms with E-state index in [2.05, 4.69) is 11.6 Å². The lowest BCUT2D eigenvalue weighted by atomic mass is 10.1. The number of benzene rings is 1. The van der Waals surface area contributed by atoms with E-state index in [4.69, 9.17) is 0 Å². The van der Waals surface area contributed by atoms with Gasteiger partial charge in [0.2, 0.25) is 10.0 Å². The quantitative estimate of drug-likeness (QED) is 0.160. The fourth-order valence-corrected chi connectivity index (χ4v) is 6.56. The molecular formula is C27H37F3N2O5S2. The van der Waals surface area contributed by atoms with Crippen LogP contribution in [0.5, 0.6) is 0 Å². The number of sulfonamides is 1. The number of nitrogens with one attached hydrogen (secondary N) is 1. The van der Waals surface area contributed by atoms with Crippen molar-refractivity contribution in [3.05, 3.63) is 52.4 Å². The molecule has 0 bridgehead atoms. The fraction of sp³-hybridized carbons (Fsp3) is 0.556. The first kappa shape index (κ1) is 32.8. The SMILES string of the molecule is CCCCCCCCCCCCNS(=O)(=O)c1ccc(CN(Cc2cccc(C(F)(F)F)c2)C(=O)C(=O)O)s1. The number of carboxylic acids is 1. The highest BCUT2D eigenvalue weighted by Crippen LogP contribution is 2.30. The van der Waals surface area contributed by atoms with E-state index in [0.29, 0.717) is 17.8 Å². The van der Waals surface area contributed by atoms with Gasteiger partial charge in [-0.2, -0.15) is 13.2 Å². The third kappa shape index (κ3) is 11.7. The molecule has 2 N–H and O–H groups in total. The second-order valence-electron chi connectivity index (χ2n) is 9.47. The standard InChI is InChI=1S/C27H37F3N2O5S2/c1-2-3-4-5-6-7-8-9-10-11-17-31-39(36,37)24-16-15-23(38-24)20-32(25(33)26(34)35)19-21-13-12-14-22(18-21)27(28,29)30/h12-16,18,31H,2-11,17,19-20H2,1H3,(H,34,35). The van der Waals surface area contributed by atoms with Gasteiger partial charge in [0.25, 0.3) is 0 Å². The van der Waals surface area contributed by atoms with Crippen LogP contribution in [0.3, 0.4) is 0 Å². The maximum Gasteiger partial charge on any atom is 0.416 e. The predicted octanol–water partition coefficient (Wildman–Crippen LogP) is 6.58. The first-order valence-corrected chi connectivity index (χ1v) is 15.5. The van der Waals surface area contributed by atoms with Crippen molar-refractivity contribution < 1.29 is 36.3 Å². The van der Waals surface area contributed by atoms with Crippen molar-refractivity contribution in [2.24, 2.45) is 0 Å². The minimum Gasteiger partial charge on any atom is -0.474 e. The number of halogens is 3. The van der Waals surface area contributed by atoms with Gasteiger partial charge in [-0.05, 0) is 36.2 Å². The van der Waals surface area contributed by atoms with E-state index in [9.17, 15) is 36.3 Å². The molecule has 1 aromatic carbocycles. The van der Waals surface area contributed by atoms with Gasteiger partial charge < -0.3 is 10.0 Å². The molecule has 0 fully saturated rings. The molecule has 218 valence electrons. The van der Waals surface area contributed by atoms with Gasteiger partial charge in [-0.25, -0.2) is 17.9 Å². The molecule has 1 aromatic heterocycles. The number of carboxylic acid groups (broad SMARTS) is 1. The van der Waals surface area contributed by atoms with Crippen LogP contribution in [-0.2, 0) is 38.9 Å². The van der Waals surface area contributed by atoms with Gasteiger partial charge in [0, 0.05) is 18.0 Å². The summed E-state index contributed by atoms with van der Waals surface area (Å²) in [5.41, 5.74) is -0.817. The van der Waals surface area contributed by atoms with E-state index in [1.54, 1.807) is 0 Å². The largest absolute Gasteiger partial charge is 0.474 e. The van der Waals surface area contributed by atoms with E-state index < -0.39 is 33.6 Å². The minimum absolute atomic E-state index is 0.0198. The van der Waals surface area contributed by atoms with E-state index in [1.165, 1.54) is 62.8 Å². The summed E-state index contributed by atoms with van der Waals surface area (Å²) in [5.74, 6) is -3.06. The van der Waals surface area contributed by atoms with Crippen LogP contribution >= 0.6 is 11.3 Å². The Morgan fingerprint density at radius 2 is 1.54 bits per heavy atom. The van der Waals surface area contributed by atoms with Crippen LogP contribution in [0.2, 0.25) is 0 Å². The topological polar surface area (TPSA) is 104 Å². The summed E-state index contributed by atoms with van der Waals surface area (Å²) >= 11 is 0.881. The predicted molar refractivity (Wildman–Crippen MR) is 145 cm³/mol. The Labute approximate surface area is 232 Å². The van der Waals surface area contributed by atoms with Gasteiger partial charge in [-0.15, -0.1) is 11.3 Å². The molecule has 0 radical (unpaired) electrons. The number of hydrogen-bond acceptors (Lipinski definition) is 5. The Balaban J connectivity index is 1.89. The summed E-state index contributed by atoms with van der Waals surface area (Å²) in [5, 5.41) is 9.19.